The predicted molar refractivity (Wildman–Crippen MR) is 49.9 cm³/mol. The minimum absolute atomic E-state index is 0.0459. The molecule has 0 spiro atoms. The number of tetrazole rings is 1. The zero-order valence-corrected chi connectivity index (χ0v) is 7.84. The lowest BCUT2D eigenvalue weighted by molar-refractivity contribution is 0.295. The summed E-state index contributed by atoms with van der Waals surface area (Å²) in [5, 5.41) is 19.7. The van der Waals surface area contributed by atoms with Crippen LogP contribution in [0.5, 0.6) is 0 Å². The first-order valence-corrected chi connectivity index (χ1v) is 4.45. The number of aliphatic hydroxyl groups is 1. The fraction of sp³-hybridized carbons (Fsp3) is 0.222. The van der Waals surface area contributed by atoms with E-state index < -0.39 is 0 Å². The minimum Gasteiger partial charge on any atom is -0.396 e. The van der Waals surface area contributed by atoms with Crippen LogP contribution in [0.2, 0.25) is 0 Å². The average molecular weight is 208 g/mol. The van der Waals surface area contributed by atoms with Crippen molar-refractivity contribution in [2.75, 3.05) is 6.61 Å². The largest absolute Gasteiger partial charge is 0.396 e. The second-order valence-corrected chi connectivity index (χ2v) is 2.96. The predicted octanol–water partition coefficient (Wildman–Crippen LogP) is 0.336. The van der Waals surface area contributed by atoms with Crippen LogP contribution in [0.25, 0.3) is 5.69 Å². The topological polar surface area (TPSA) is 63.8 Å². The molecule has 0 aliphatic carbocycles. The van der Waals surface area contributed by atoms with Gasteiger partial charge in [-0.25, -0.2) is 4.39 Å². The fourth-order valence-electron chi connectivity index (χ4n) is 1.27. The van der Waals surface area contributed by atoms with Crippen molar-refractivity contribution in [3.8, 4) is 5.69 Å². The molecule has 5 nitrogen and oxygen atoms in total. The van der Waals surface area contributed by atoms with Crippen molar-refractivity contribution in [2.45, 2.75) is 6.42 Å². The van der Waals surface area contributed by atoms with Gasteiger partial charge in [-0.15, -0.1) is 5.10 Å². The zero-order valence-electron chi connectivity index (χ0n) is 7.84. The van der Waals surface area contributed by atoms with Gasteiger partial charge in [0, 0.05) is 6.42 Å². The van der Waals surface area contributed by atoms with Crippen molar-refractivity contribution >= 4 is 0 Å². The van der Waals surface area contributed by atoms with Crippen molar-refractivity contribution in [2.24, 2.45) is 0 Å². The summed E-state index contributed by atoms with van der Waals surface area (Å²) in [7, 11) is 0. The van der Waals surface area contributed by atoms with Crippen LogP contribution in [-0.4, -0.2) is 31.9 Å². The lowest BCUT2D eigenvalue weighted by Gasteiger charge is -2.02. The summed E-state index contributed by atoms with van der Waals surface area (Å²) < 4.78 is 14.3. The lowest BCUT2D eigenvalue weighted by atomic mass is 10.3. The number of hydrogen-bond acceptors (Lipinski definition) is 4. The molecule has 0 saturated heterocycles. The maximum absolute atomic E-state index is 12.9. The highest BCUT2D eigenvalue weighted by Crippen LogP contribution is 2.09. The highest BCUT2D eigenvalue weighted by atomic mass is 19.1. The standard InChI is InChI=1S/C9H9FN4O/c10-7-2-1-3-8(6-7)14-9(4-5-15)11-12-13-14/h1-3,6,15H,4-5H2. The van der Waals surface area contributed by atoms with Gasteiger partial charge in [-0.05, 0) is 28.6 Å². The van der Waals surface area contributed by atoms with Crippen molar-refractivity contribution in [1.82, 2.24) is 20.2 Å². The molecule has 1 aromatic carbocycles. The van der Waals surface area contributed by atoms with Gasteiger partial charge in [0.15, 0.2) is 5.82 Å². The molecule has 6 heteroatoms. The Labute approximate surface area is 85.2 Å². The van der Waals surface area contributed by atoms with E-state index in [9.17, 15) is 4.39 Å². The number of aliphatic hydroxyl groups excluding tert-OH is 1. The Bertz CT molecular complexity index is 457. The first-order valence-electron chi connectivity index (χ1n) is 4.45. The van der Waals surface area contributed by atoms with Gasteiger partial charge in [0.2, 0.25) is 0 Å². The van der Waals surface area contributed by atoms with E-state index in [0.29, 0.717) is 17.9 Å². The lowest BCUT2D eigenvalue weighted by Crippen LogP contribution is -2.05. The SMILES string of the molecule is OCCc1nnnn1-c1cccc(F)c1. The van der Waals surface area contributed by atoms with Gasteiger partial charge >= 0.3 is 0 Å². The Morgan fingerprint density at radius 3 is 3.00 bits per heavy atom. The molecule has 0 amide bonds. The number of rotatable bonds is 3. The van der Waals surface area contributed by atoms with Crippen LogP contribution in [0.15, 0.2) is 24.3 Å². The Hall–Kier alpha value is -1.82. The maximum atomic E-state index is 12.9. The number of benzene rings is 1. The molecule has 0 bridgehead atoms. The smallest absolute Gasteiger partial charge is 0.158 e. The molecule has 1 aromatic heterocycles. The minimum atomic E-state index is -0.349. The molecule has 1 heterocycles. The van der Waals surface area contributed by atoms with Crippen LogP contribution in [0.4, 0.5) is 4.39 Å². The molecule has 1 N–H and O–H groups in total. The molecule has 2 aromatic rings. The summed E-state index contributed by atoms with van der Waals surface area (Å²) in [5.74, 6) is 0.154. The molecule has 0 unspecified atom stereocenters. The Balaban J connectivity index is 2.40. The van der Waals surface area contributed by atoms with Gasteiger partial charge in [-0.3, -0.25) is 0 Å². The van der Waals surface area contributed by atoms with Crippen LogP contribution in [0.1, 0.15) is 5.82 Å². The number of aromatic nitrogens is 4. The van der Waals surface area contributed by atoms with E-state index in [-0.39, 0.29) is 12.4 Å². The van der Waals surface area contributed by atoms with Crippen molar-refractivity contribution in [1.29, 1.82) is 0 Å². The van der Waals surface area contributed by atoms with Crippen LogP contribution in [0.3, 0.4) is 0 Å². The summed E-state index contributed by atoms with van der Waals surface area (Å²) in [4.78, 5) is 0. The molecule has 0 aliphatic rings. The number of halogens is 1. The average Bonchev–Trinajstić information content (AvgIpc) is 2.66. The Kier molecular flexibility index (Phi) is 2.68. The van der Waals surface area contributed by atoms with E-state index in [1.807, 2.05) is 0 Å². The molecule has 0 radical (unpaired) electrons. The van der Waals surface area contributed by atoms with Gasteiger partial charge in [-0.1, -0.05) is 6.07 Å². The summed E-state index contributed by atoms with van der Waals surface area (Å²) in [5.41, 5.74) is 0.545. The monoisotopic (exact) mass is 208 g/mol. The number of nitrogens with zero attached hydrogens (tertiary/aromatic N) is 4. The van der Waals surface area contributed by atoms with Gasteiger partial charge < -0.3 is 5.11 Å². The molecule has 2 rings (SSSR count). The molecule has 0 saturated carbocycles. The van der Waals surface area contributed by atoms with Crippen LogP contribution in [0, 0.1) is 5.82 Å². The van der Waals surface area contributed by atoms with Gasteiger partial charge in [0.25, 0.3) is 0 Å². The molecule has 0 aliphatic heterocycles. The van der Waals surface area contributed by atoms with E-state index in [1.54, 1.807) is 12.1 Å². The van der Waals surface area contributed by atoms with Gasteiger partial charge in [0.1, 0.15) is 5.82 Å². The Morgan fingerprint density at radius 2 is 2.27 bits per heavy atom. The normalized spacial score (nSPS) is 10.5. The second kappa shape index (κ2) is 4.14. The molecular formula is C9H9FN4O. The molecule has 15 heavy (non-hydrogen) atoms. The van der Waals surface area contributed by atoms with Crippen LogP contribution >= 0.6 is 0 Å². The Morgan fingerprint density at radius 1 is 1.40 bits per heavy atom. The molecule has 0 atom stereocenters. The summed E-state index contributed by atoms with van der Waals surface area (Å²) in [6.45, 7) is -0.0459. The third kappa shape index (κ3) is 1.99. The van der Waals surface area contributed by atoms with Crippen LogP contribution in [-0.2, 0) is 6.42 Å². The van der Waals surface area contributed by atoms with Crippen molar-refractivity contribution < 1.29 is 9.50 Å². The van der Waals surface area contributed by atoms with E-state index in [2.05, 4.69) is 15.5 Å². The highest BCUT2D eigenvalue weighted by Gasteiger charge is 2.07. The zero-order chi connectivity index (χ0) is 10.7. The first kappa shape index (κ1) is 9.72. The van der Waals surface area contributed by atoms with Crippen molar-refractivity contribution in [3.63, 3.8) is 0 Å². The first-order chi connectivity index (χ1) is 7.31. The number of hydrogen-bond donors (Lipinski definition) is 1. The van der Waals surface area contributed by atoms with Gasteiger partial charge in [-0.2, -0.15) is 4.68 Å². The third-order valence-electron chi connectivity index (χ3n) is 1.92. The summed E-state index contributed by atoms with van der Waals surface area (Å²) >= 11 is 0. The quantitative estimate of drug-likeness (QED) is 0.789. The van der Waals surface area contributed by atoms with Gasteiger partial charge in [0.05, 0.1) is 12.3 Å². The highest BCUT2D eigenvalue weighted by molar-refractivity contribution is 5.31. The molecule has 78 valence electrons. The second-order valence-electron chi connectivity index (χ2n) is 2.96. The summed E-state index contributed by atoms with van der Waals surface area (Å²) in [6.07, 6.45) is 0.337. The van der Waals surface area contributed by atoms with E-state index in [1.165, 1.54) is 16.8 Å². The van der Waals surface area contributed by atoms with Crippen molar-refractivity contribution in [3.05, 3.63) is 35.9 Å². The molecular weight excluding hydrogens is 199 g/mol. The molecule has 0 fully saturated rings. The van der Waals surface area contributed by atoms with E-state index in [4.69, 9.17) is 5.11 Å². The maximum Gasteiger partial charge on any atom is 0.158 e. The third-order valence-corrected chi connectivity index (χ3v) is 1.92. The summed E-state index contributed by atoms with van der Waals surface area (Å²) in [6, 6.07) is 5.95. The van der Waals surface area contributed by atoms with Crippen LogP contribution < -0.4 is 0 Å². The fourth-order valence-corrected chi connectivity index (χ4v) is 1.27. The van der Waals surface area contributed by atoms with E-state index >= 15 is 0 Å². The van der Waals surface area contributed by atoms with E-state index in [0.717, 1.165) is 0 Å².